The lowest BCUT2D eigenvalue weighted by molar-refractivity contribution is -0.145. The molecule has 0 spiro atoms. The lowest BCUT2D eigenvalue weighted by Crippen LogP contribution is -2.26. The summed E-state index contributed by atoms with van der Waals surface area (Å²) >= 11 is 0. The van der Waals surface area contributed by atoms with Gasteiger partial charge in [-0.05, 0) is 24.6 Å². The minimum Gasteiger partial charge on any atom is -0.459 e. The van der Waals surface area contributed by atoms with E-state index in [1.165, 1.54) is 15.4 Å². The number of hydrogen-bond acceptors (Lipinski definition) is 5. The van der Waals surface area contributed by atoms with Crippen molar-refractivity contribution in [2.75, 3.05) is 6.54 Å². The smallest absolute Gasteiger partial charge is 0.307 e. The molecule has 0 saturated heterocycles. The van der Waals surface area contributed by atoms with Crippen molar-refractivity contribution in [1.82, 2.24) is 14.3 Å². The molecule has 0 radical (unpaired) electrons. The van der Waals surface area contributed by atoms with Crippen LogP contribution >= 0.6 is 0 Å². The standard InChI is InChI=1S/C22H19N3O4/c1-14-7-8-19-23-16(11-20(26)25(19)12-14)13-29-21(27)9-10-24-15(2)17-5-3-4-6-18(17)22(24)28/h3-8,11-12H,2,9-10,13H2,1H3. The van der Waals surface area contributed by atoms with Crippen LogP contribution < -0.4 is 5.56 Å². The van der Waals surface area contributed by atoms with Crippen LogP contribution in [0.15, 0.2) is 60.0 Å². The average molecular weight is 389 g/mol. The molecule has 0 unspecified atom stereocenters. The zero-order valence-corrected chi connectivity index (χ0v) is 15.9. The van der Waals surface area contributed by atoms with Crippen molar-refractivity contribution in [2.24, 2.45) is 0 Å². The van der Waals surface area contributed by atoms with Crippen molar-refractivity contribution < 1.29 is 14.3 Å². The lowest BCUT2D eigenvalue weighted by Gasteiger charge is -2.16. The van der Waals surface area contributed by atoms with Crippen LogP contribution in [0.3, 0.4) is 0 Å². The number of fused-ring (bicyclic) bond motifs is 2. The van der Waals surface area contributed by atoms with Crippen LogP contribution in [0.2, 0.25) is 0 Å². The van der Waals surface area contributed by atoms with Gasteiger partial charge in [-0.3, -0.25) is 18.8 Å². The first-order chi connectivity index (χ1) is 13.9. The fraction of sp³-hybridized carbons (Fsp3) is 0.182. The van der Waals surface area contributed by atoms with Crippen molar-refractivity contribution in [3.63, 3.8) is 0 Å². The summed E-state index contributed by atoms with van der Waals surface area (Å²) in [7, 11) is 0. The maximum Gasteiger partial charge on any atom is 0.307 e. The van der Waals surface area contributed by atoms with Gasteiger partial charge < -0.3 is 9.64 Å². The minimum absolute atomic E-state index is 0.0184. The molecule has 4 rings (SSSR count). The third-order valence-corrected chi connectivity index (χ3v) is 4.82. The molecule has 3 heterocycles. The number of benzene rings is 1. The van der Waals surface area contributed by atoms with Crippen molar-refractivity contribution in [3.8, 4) is 0 Å². The van der Waals surface area contributed by atoms with Crippen LogP contribution in [-0.4, -0.2) is 32.7 Å². The number of carbonyl (C=O) groups excluding carboxylic acids is 2. The fourth-order valence-corrected chi connectivity index (χ4v) is 3.33. The second kappa shape index (κ2) is 7.35. The summed E-state index contributed by atoms with van der Waals surface area (Å²) in [5, 5.41) is 0. The van der Waals surface area contributed by atoms with Gasteiger partial charge in [0, 0.05) is 35.6 Å². The van der Waals surface area contributed by atoms with Crippen molar-refractivity contribution >= 4 is 23.2 Å². The van der Waals surface area contributed by atoms with E-state index in [1.807, 2.05) is 25.1 Å². The Morgan fingerprint density at radius 3 is 2.66 bits per heavy atom. The number of rotatable bonds is 5. The van der Waals surface area contributed by atoms with E-state index in [4.69, 9.17) is 4.74 Å². The van der Waals surface area contributed by atoms with E-state index in [1.54, 1.807) is 24.4 Å². The molecule has 0 aliphatic carbocycles. The third kappa shape index (κ3) is 3.54. The molecule has 1 amide bonds. The summed E-state index contributed by atoms with van der Waals surface area (Å²) in [4.78, 5) is 42.6. The molecule has 0 atom stereocenters. The maximum atomic E-state index is 12.5. The molecule has 7 nitrogen and oxygen atoms in total. The number of esters is 1. The lowest BCUT2D eigenvalue weighted by atomic mass is 10.1. The molecular formula is C22H19N3O4. The number of aryl methyl sites for hydroxylation is 1. The summed E-state index contributed by atoms with van der Waals surface area (Å²) in [6.07, 6.45) is 1.73. The Kier molecular flexibility index (Phi) is 4.72. The number of carbonyl (C=O) groups is 2. The topological polar surface area (TPSA) is 81.0 Å². The molecule has 146 valence electrons. The van der Waals surface area contributed by atoms with Gasteiger partial charge in [-0.1, -0.05) is 30.8 Å². The monoisotopic (exact) mass is 389 g/mol. The highest BCUT2D eigenvalue weighted by Gasteiger charge is 2.30. The molecular weight excluding hydrogens is 370 g/mol. The predicted octanol–water partition coefficient (Wildman–Crippen LogP) is 2.56. The molecule has 2 aromatic heterocycles. The molecule has 0 fully saturated rings. The second-order valence-corrected chi connectivity index (χ2v) is 6.88. The minimum atomic E-state index is -0.479. The van der Waals surface area contributed by atoms with E-state index < -0.39 is 5.97 Å². The number of hydrogen-bond donors (Lipinski definition) is 0. The van der Waals surface area contributed by atoms with Gasteiger partial charge in [-0.2, -0.15) is 0 Å². The summed E-state index contributed by atoms with van der Waals surface area (Å²) in [5.41, 5.74) is 3.52. The van der Waals surface area contributed by atoms with Gasteiger partial charge in [0.25, 0.3) is 11.5 Å². The van der Waals surface area contributed by atoms with Crippen LogP contribution in [-0.2, 0) is 16.1 Å². The Bertz CT molecular complexity index is 1180. The summed E-state index contributed by atoms with van der Waals surface area (Å²) in [5.74, 6) is -0.648. The van der Waals surface area contributed by atoms with E-state index in [2.05, 4.69) is 11.6 Å². The molecule has 3 aromatic rings. The molecule has 0 N–H and O–H groups in total. The Labute approximate surface area is 166 Å². The van der Waals surface area contributed by atoms with Gasteiger partial charge in [0.15, 0.2) is 0 Å². The first-order valence-corrected chi connectivity index (χ1v) is 9.19. The Morgan fingerprint density at radius 1 is 1.14 bits per heavy atom. The third-order valence-electron chi connectivity index (χ3n) is 4.82. The molecule has 29 heavy (non-hydrogen) atoms. The fourth-order valence-electron chi connectivity index (χ4n) is 3.33. The average Bonchev–Trinajstić information content (AvgIpc) is 2.96. The summed E-state index contributed by atoms with van der Waals surface area (Å²) in [6, 6.07) is 12.2. The number of amides is 1. The van der Waals surface area contributed by atoms with Gasteiger partial charge in [0.2, 0.25) is 0 Å². The van der Waals surface area contributed by atoms with Crippen LogP contribution in [0.4, 0.5) is 0 Å². The van der Waals surface area contributed by atoms with Crippen LogP contribution in [0.1, 0.15) is 33.6 Å². The van der Waals surface area contributed by atoms with Crippen LogP contribution in [0.25, 0.3) is 11.3 Å². The zero-order valence-electron chi connectivity index (χ0n) is 15.9. The number of pyridine rings is 1. The Balaban J connectivity index is 1.37. The van der Waals surface area contributed by atoms with Crippen molar-refractivity contribution in [1.29, 1.82) is 0 Å². The van der Waals surface area contributed by atoms with Crippen LogP contribution in [0, 0.1) is 6.92 Å². The summed E-state index contributed by atoms with van der Waals surface area (Å²) < 4.78 is 6.69. The summed E-state index contributed by atoms with van der Waals surface area (Å²) in [6.45, 7) is 5.91. The highest BCUT2D eigenvalue weighted by Crippen LogP contribution is 2.31. The van der Waals surface area contributed by atoms with Gasteiger partial charge in [-0.15, -0.1) is 0 Å². The van der Waals surface area contributed by atoms with Crippen LogP contribution in [0.5, 0.6) is 0 Å². The molecule has 7 heteroatoms. The van der Waals surface area contributed by atoms with E-state index >= 15 is 0 Å². The quantitative estimate of drug-likeness (QED) is 0.627. The largest absolute Gasteiger partial charge is 0.459 e. The molecule has 0 bridgehead atoms. The number of nitrogens with zero attached hydrogens (tertiary/aromatic N) is 3. The molecule has 0 saturated carbocycles. The van der Waals surface area contributed by atoms with Gasteiger partial charge >= 0.3 is 5.97 Å². The van der Waals surface area contributed by atoms with Gasteiger partial charge in [0.05, 0.1) is 12.1 Å². The van der Waals surface area contributed by atoms with Crippen molar-refractivity contribution in [2.45, 2.75) is 20.0 Å². The second-order valence-electron chi connectivity index (χ2n) is 6.88. The highest BCUT2D eigenvalue weighted by molar-refractivity contribution is 6.08. The predicted molar refractivity (Wildman–Crippen MR) is 107 cm³/mol. The molecule has 1 aliphatic rings. The number of aromatic nitrogens is 2. The van der Waals surface area contributed by atoms with E-state index in [0.29, 0.717) is 22.6 Å². The Morgan fingerprint density at radius 2 is 1.90 bits per heavy atom. The SMILES string of the molecule is C=C1c2ccccc2C(=O)N1CCC(=O)OCc1cc(=O)n2cc(C)ccc2n1. The molecule has 1 aromatic carbocycles. The zero-order chi connectivity index (χ0) is 20.5. The Hall–Kier alpha value is -3.74. The van der Waals surface area contributed by atoms with Gasteiger partial charge in [-0.25, -0.2) is 4.98 Å². The van der Waals surface area contributed by atoms with E-state index in [0.717, 1.165) is 11.1 Å². The van der Waals surface area contributed by atoms with Gasteiger partial charge in [0.1, 0.15) is 12.3 Å². The molecule has 1 aliphatic heterocycles. The number of ether oxygens (including phenoxy) is 1. The maximum absolute atomic E-state index is 12.5. The normalized spacial score (nSPS) is 13.1. The first-order valence-electron chi connectivity index (χ1n) is 9.19. The van der Waals surface area contributed by atoms with E-state index in [9.17, 15) is 14.4 Å². The highest BCUT2D eigenvalue weighted by atomic mass is 16.5. The van der Waals surface area contributed by atoms with E-state index in [-0.39, 0.29) is 31.0 Å². The van der Waals surface area contributed by atoms with Crippen molar-refractivity contribution in [3.05, 3.63) is 88.0 Å². The first kappa shape index (κ1) is 18.6.